The number of fused-ring (bicyclic) bond motifs is 9. The van der Waals surface area contributed by atoms with Crippen molar-refractivity contribution in [3.8, 4) is 28.7 Å². The second-order valence-electron chi connectivity index (χ2n) is 11.5. The largest absolute Gasteiger partial charge is 0.454 e. The molecule has 4 heterocycles. The number of rotatable bonds is 3. The summed E-state index contributed by atoms with van der Waals surface area (Å²) in [6, 6.07) is 44.0. The maximum Gasteiger partial charge on any atom is 0.238 e. The number of furan rings is 1. The quantitative estimate of drug-likeness (QED) is 0.192. The molecule has 4 aromatic heterocycles. The second-order valence-corrected chi connectivity index (χ2v) is 11.5. The summed E-state index contributed by atoms with van der Waals surface area (Å²) in [6.07, 6.45) is 3.54. The van der Waals surface area contributed by atoms with E-state index in [4.69, 9.17) is 19.4 Å². The standard InChI is InChI=1S/C40H23N5O/c1-2-11-25-24(10-1)22-32(27-13-4-3-12-26(25)27)39-42-38(31-16-9-19-35-37(31)30-20-21-41-23-36(30)46-35)43-40(44-39)45-33-17-7-5-14-28(33)29-15-6-8-18-34(29)45/h1-23H. The van der Waals surface area contributed by atoms with Crippen LogP contribution in [-0.2, 0) is 0 Å². The van der Waals surface area contributed by atoms with E-state index in [0.29, 0.717) is 17.6 Å². The SMILES string of the molecule is c1ccc2c(c1)cc(-c1nc(-c3cccc4oc5cnccc5c34)nc(-n3c4ccccc4c4ccccc43)n1)c1ccccc12. The zero-order valence-corrected chi connectivity index (χ0v) is 24.4. The van der Waals surface area contributed by atoms with Crippen molar-refractivity contribution in [1.82, 2.24) is 24.5 Å². The summed E-state index contributed by atoms with van der Waals surface area (Å²) in [6.45, 7) is 0. The van der Waals surface area contributed by atoms with Gasteiger partial charge in [0.25, 0.3) is 0 Å². The van der Waals surface area contributed by atoms with Gasteiger partial charge in [-0.3, -0.25) is 9.55 Å². The van der Waals surface area contributed by atoms with Crippen molar-refractivity contribution in [1.29, 1.82) is 0 Å². The molecule has 46 heavy (non-hydrogen) atoms. The first-order valence-corrected chi connectivity index (χ1v) is 15.2. The van der Waals surface area contributed by atoms with Gasteiger partial charge < -0.3 is 4.42 Å². The van der Waals surface area contributed by atoms with Gasteiger partial charge in [-0.05, 0) is 51.9 Å². The number of benzene rings is 6. The van der Waals surface area contributed by atoms with E-state index in [1.54, 1.807) is 12.4 Å². The van der Waals surface area contributed by atoms with Crippen LogP contribution in [0.15, 0.2) is 144 Å². The summed E-state index contributed by atoms with van der Waals surface area (Å²) in [5.74, 6) is 1.74. The third-order valence-corrected chi connectivity index (χ3v) is 8.95. The molecule has 0 bridgehead atoms. The van der Waals surface area contributed by atoms with Crippen molar-refractivity contribution >= 4 is 65.3 Å². The van der Waals surface area contributed by atoms with Crippen molar-refractivity contribution in [2.75, 3.05) is 0 Å². The Balaban J connectivity index is 1.35. The van der Waals surface area contributed by atoms with Crippen molar-refractivity contribution in [3.05, 3.63) is 140 Å². The smallest absolute Gasteiger partial charge is 0.238 e. The summed E-state index contributed by atoms with van der Waals surface area (Å²) in [5, 5.41) is 8.79. The minimum absolute atomic E-state index is 0.557. The van der Waals surface area contributed by atoms with Gasteiger partial charge in [0, 0.05) is 38.9 Å². The highest BCUT2D eigenvalue weighted by Gasteiger charge is 2.21. The van der Waals surface area contributed by atoms with Crippen LogP contribution in [0.5, 0.6) is 0 Å². The van der Waals surface area contributed by atoms with Crippen LogP contribution in [0.4, 0.5) is 0 Å². The van der Waals surface area contributed by atoms with Crippen LogP contribution in [0.25, 0.3) is 94.0 Å². The van der Waals surface area contributed by atoms with Gasteiger partial charge in [-0.2, -0.15) is 9.97 Å². The molecule has 214 valence electrons. The fourth-order valence-corrected chi connectivity index (χ4v) is 6.95. The van der Waals surface area contributed by atoms with Gasteiger partial charge in [-0.15, -0.1) is 0 Å². The van der Waals surface area contributed by atoms with Crippen molar-refractivity contribution in [2.24, 2.45) is 0 Å². The van der Waals surface area contributed by atoms with E-state index < -0.39 is 0 Å². The zero-order chi connectivity index (χ0) is 30.2. The van der Waals surface area contributed by atoms with Gasteiger partial charge in [0.05, 0.1) is 17.2 Å². The summed E-state index contributed by atoms with van der Waals surface area (Å²) in [4.78, 5) is 20.0. The summed E-state index contributed by atoms with van der Waals surface area (Å²) in [7, 11) is 0. The molecule has 0 saturated carbocycles. The maximum atomic E-state index is 6.21. The highest BCUT2D eigenvalue weighted by Crippen LogP contribution is 2.39. The van der Waals surface area contributed by atoms with E-state index in [9.17, 15) is 0 Å². The highest BCUT2D eigenvalue weighted by molar-refractivity contribution is 6.14. The average Bonchev–Trinajstić information content (AvgIpc) is 3.67. The molecule has 0 aliphatic heterocycles. The number of hydrogen-bond donors (Lipinski definition) is 0. The molecule has 0 saturated heterocycles. The van der Waals surface area contributed by atoms with Gasteiger partial charge in [0.2, 0.25) is 5.95 Å². The van der Waals surface area contributed by atoms with E-state index in [1.807, 2.05) is 18.2 Å². The number of para-hydroxylation sites is 2. The van der Waals surface area contributed by atoms with Crippen LogP contribution in [0.3, 0.4) is 0 Å². The first-order valence-electron chi connectivity index (χ1n) is 15.2. The minimum atomic E-state index is 0.557. The van der Waals surface area contributed by atoms with Gasteiger partial charge in [-0.25, -0.2) is 4.98 Å². The third kappa shape index (κ3) is 3.58. The average molecular weight is 590 g/mol. The Hall–Kier alpha value is -6.40. The number of pyridine rings is 1. The zero-order valence-electron chi connectivity index (χ0n) is 24.4. The summed E-state index contributed by atoms with van der Waals surface area (Å²) in [5.41, 5.74) is 5.38. The fraction of sp³-hybridized carbons (Fsp3) is 0. The van der Waals surface area contributed by atoms with Crippen LogP contribution >= 0.6 is 0 Å². The Morgan fingerprint density at radius 1 is 0.478 bits per heavy atom. The lowest BCUT2D eigenvalue weighted by molar-refractivity contribution is 0.667. The molecule has 6 nitrogen and oxygen atoms in total. The normalized spacial score (nSPS) is 11.9. The molecule has 0 unspecified atom stereocenters. The fourth-order valence-electron chi connectivity index (χ4n) is 6.95. The Kier molecular flexibility index (Phi) is 5.19. The van der Waals surface area contributed by atoms with E-state index in [-0.39, 0.29) is 0 Å². The van der Waals surface area contributed by atoms with Gasteiger partial charge in [0.1, 0.15) is 5.58 Å². The minimum Gasteiger partial charge on any atom is -0.454 e. The molecule has 6 heteroatoms. The van der Waals surface area contributed by atoms with E-state index in [0.717, 1.165) is 71.0 Å². The molecule has 0 N–H and O–H groups in total. The second kappa shape index (κ2) is 9.55. The van der Waals surface area contributed by atoms with Crippen LogP contribution in [0.2, 0.25) is 0 Å². The molecule has 0 radical (unpaired) electrons. The molecule has 0 fully saturated rings. The Morgan fingerprint density at radius 2 is 1.13 bits per heavy atom. The first-order chi connectivity index (χ1) is 22.8. The molecule has 0 spiro atoms. The van der Waals surface area contributed by atoms with Gasteiger partial charge in [-0.1, -0.05) is 97.1 Å². The lowest BCUT2D eigenvalue weighted by Crippen LogP contribution is -2.06. The topological polar surface area (TPSA) is 69.6 Å². The van der Waals surface area contributed by atoms with Crippen LogP contribution in [-0.4, -0.2) is 24.5 Å². The summed E-state index contributed by atoms with van der Waals surface area (Å²) >= 11 is 0. The number of nitrogens with zero attached hydrogens (tertiary/aromatic N) is 5. The maximum absolute atomic E-state index is 6.21. The molecule has 0 amide bonds. The molecule has 0 aliphatic carbocycles. The predicted octanol–water partition coefficient (Wildman–Crippen LogP) is 9.90. The summed E-state index contributed by atoms with van der Waals surface area (Å²) < 4.78 is 8.37. The molecule has 6 aromatic carbocycles. The molecule has 10 rings (SSSR count). The lowest BCUT2D eigenvalue weighted by Gasteiger charge is -2.14. The van der Waals surface area contributed by atoms with Gasteiger partial charge >= 0.3 is 0 Å². The molecule has 10 aromatic rings. The highest BCUT2D eigenvalue weighted by atomic mass is 16.3. The van der Waals surface area contributed by atoms with E-state index in [1.165, 1.54) is 5.39 Å². The van der Waals surface area contributed by atoms with E-state index in [2.05, 4.69) is 119 Å². The Bertz CT molecular complexity index is 2780. The van der Waals surface area contributed by atoms with Crippen molar-refractivity contribution < 1.29 is 4.42 Å². The van der Waals surface area contributed by atoms with Crippen LogP contribution in [0.1, 0.15) is 0 Å². The monoisotopic (exact) mass is 589 g/mol. The molecule has 0 atom stereocenters. The molecular formula is C40H23N5O. The molecular weight excluding hydrogens is 566 g/mol. The van der Waals surface area contributed by atoms with Crippen molar-refractivity contribution in [3.63, 3.8) is 0 Å². The molecule has 0 aliphatic rings. The number of aromatic nitrogens is 5. The van der Waals surface area contributed by atoms with Gasteiger partial charge in [0.15, 0.2) is 17.2 Å². The Morgan fingerprint density at radius 3 is 1.91 bits per heavy atom. The van der Waals surface area contributed by atoms with Crippen molar-refractivity contribution in [2.45, 2.75) is 0 Å². The lowest BCUT2D eigenvalue weighted by atomic mass is 9.97. The van der Waals surface area contributed by atoms with Crippen LogP contribution < -0.4 is 0 Å². The Labute approximate surface area is 262 Å². The number of hydrogen-bond acceptors (Lipinski definition) is 5. The predicted molar refractivity (Wildman–Crippen MR) is 185 cm³/mol. The third-order valence-electron chi connectivity index (χ3n) is 8.95. The van der Waals surface area contributed by atoms with E-state index >= 15 is 0 Å². The van der Waals surface area contributed by atoms with Crippen LogP contribution in [0, 0.1) is 0 Å². The first kappa shape index (κ1) is 25.0.